The normalized spacial score (nSPS) is 14.4. The average Bonchev–Trinajstić information content (AvgIpc) is 2.80. The maximum absolute atomic E-state index is 12.6. The third-order valence-corrected chi connectivity index (χ3v) is 5.74. The van der Waals surface area contributed by atoms with Crippen LogP contribution in [0, 0.1) is 0 Å². The summed E-state index contributed by atoms with van der Waals surface area (Å²) in [4.78, 5) is 22.2. The first kappa shape index (κ1) is 20.1. The van der Waals surface area contributed by atoms with Crippen LogP contribution < -0.4 is 11.1 Å². The van der Waals surface area contributed by atoms with E-state index in [9.17, 15) is 4.79 Å². The molecule has 0 unspecified atom stereocenters. The summed E-state index contributed by atoms with van der Waals surface area (Å²) in [5.41, 5.74) is 10.4. The van der Waals surface area contributed by atoms with Gasteiger partial charge in [-0.1, -0.05) is 61.7 Å². The van der Waals surface area contributed by atoms with Gasteiger partial charge >= 0.3 is 0 Å². The monoisotopic (exact) mass is 400 g/mol. The first-order valence-corrected chi connectivity index (χ1v) is 10.8. The number of nitrogen functional groups attached to an aromatic ring is 1. The summed E-state index contributed by atoms with van der Waals surface area (Å²) in [6.45, 7) is 0. The van der Waals surface area contributed by atoms with E-state index in [1.54, 1.807) is 6.20 Å². The van der Waals surface area contributed by atoms with Crippen LogP contribution in [0.15, 0.2) is 60.8 Å². The number of carbonyl (C=O) groups is 1. The predicted molar refractivity (Wildman–Crippen MR) is 121 cm³/mol. The molecule has 4 rings (SSSR count). The van der Waals surface area contributed by atoms with Gasteiger partial charge in [-0.05, 0) is 37.0 Å². The molecule has 0 saturated heterocycles. The molecule has 0 bridgehead atoms. The lowest BCUT2D eigenvalue weighted by molar-refractivity contribution is -0.116. The number of aromatic nitrogens is 2. The summed E-state index contributed by atoms with van der Waals surface area (Å²) in [5, 5.41) is 3.03. The lowest BCUT2D eigenvalue weighted by Crippen LogP contribution is -2.18. The second-order valence-corrected chi connectivity index (χ2v) is 7.98. The van der Waals surface area contributed by atoms with Gasteiger partial charge in [0, 0.05) is 23.6 Å². The standard InChI is InChI=1S/C25H28N4O/c26-21-14-12-19(13-15-21)22-17-27-25(24(28-22)20-9-5-2-6-10-20)29-23(30)16-11-18-7-3-1-4-8-18/h1,3-4,7-8,12-15,17,20H,2,5-6,9-11,16,26H2,(H,27,29,30). The Morgan fingerprint density at radius 2 is 1.73 bits per heavy atom. The molecule has 3 aromatic rings. The van der Waals surface area contributed by atoms with Crippen molar-refractivity contribution in [3.8, 4) is 11.3 Å². The molecule has 1 fully saturated rings. The lowest BCUT2D eigenvalue weighted by Gasteiger charge is -2.23. The van der Waals surface area contributed by atoms with Gasteiger partial charge in [-0.15, -0.1) is 0 Å². The molecule has 1 aromatic heterocycles. The highest BCUT2D eigenvalue weighted by Gasteiger charge is 2.23. The first-order valence-electron chi connectivity index (χ1n) is 10.8. The summed E-state index contributed by atoms with van der Waals surface area (Å²) in [6.07, 6.45) is 8.71. The van der Waals surface area contributed by atoms with Crippen molar-refractivity contribution in [2.45, 2.75) is 50.9 Å². The summed E-state index contributed by atoms with van der Waals surface area (Å²) >= 11 is 0. The average molecular weight is 401 g/mol. The van der Waals surface area contributed by atoms with E-state index in [0.29, 0.717) is 24.6 Å². The molecule has 1 aliphatic rings. The third kappa shape index (κ3) is 5.03. The maximum Gasteiger partial charge on any atom is 0.225 e. The second-order valence-electron chi connectivity index (χ2n) is 7.98. The molecule has 5 heteroatoms. The van der Waals surface area contributed by atoms with Crippen molar-refractivity contribution in [3.05, 3.63) is 72.1 Å². The van der Waals surface area contributed by atoms with Gasteiger partial charge in [0.2, 0.25) is 5.91 Å². The fourth-order valence-electron chi connectivity index (χ4n) is 4.05. The second kappa shape index (κ2) is 9.53. The van der Waals surface area contributed by atoms with Crippen LogP contribution in [0.1, 0.15) is 55.7 Å². The molecule has 1 amide bonds. The Morgan fingerprint density at radius 3 is 2.47 bits per heavy atom. The molecule has 1 aliphatic carbocycles. The Balaban J connectivity index is 1.54. The van der Waals surface area contributed by atoms with Gasteiger partial charge in [-0.2, -0.15) is 0 Å². The Morgan fingerprint density at radius 1 is 1.00 bits per heavy atom. The van der Waals surface area contributed by atoms with Gasteiger partial charge in [0.15, 0.2) is 5.82 Å². The van der Waals surface area contributed by atoms with Crippen LogP contribution in [0.4, 0.5) is 11.5 Å². The summed E-state index contributed by atoms with van der Waals surface area (Å²) in [5.74, 6) is 0.925. The van der Waals surface area contributed by atoms with Crippen LogP contribution in [0.25, 0.3) is 11.3 Å². The van der Waals surface area contributed by atoms with E-state index in [1.807, 2.05) is 54.6 Å². The molecular weight excluding hydrogens is 372 g/mol. The number of hydrogen-bond donors (Lipinski definition) is 2. The van der Waals surface area contributed by atoms with Crippen LogP contribution in [0.5, 0.6) is 0 Å². The zero-order chi connectivity index (χ0) is 20.8. The number of aryl methyl sites for hydroxylation is 1. The highest BCUT2D eigenvalue weighted by Crippen LogP contribution is 2.35. The fourth-order valence-corrected chi connectivity index (χ4v) is 4.05. The number of hydrogen-bond acceptors (Lipinski definition) is 4. The summed E-state index contributed by atoms with van der Waals surface area (Å²) < 4.78 is 0. The minimum absolute atomic E-state index is 0.0227. The van der Waals surface area contributed by atoms with Crippen LogP contribution in [-0.2, 0) is 11.2 Å². The topological polar surface area (TPSA) is 80.9 Å². The number of rotatable bonds is 6. The molecule has 2 aromatic carbocycles. The molecule has 30 heavy (non-hydrogen) atoms. The first-order chi connectivity index (χ1) is 14.7. The number of nitrogens with zero attached hydrogens (tertiary/aromatic N) is 2. The number of nitrogens with two attached hydrogens (primary N) is 1. The van der Waals surface area contributed by atoms with Crippen molar-refractivity contribution in [1.82, 2.24) is 9.97 Å². The molecule has 0 atom stereocenters. The molecule has 0 aliphatic heterocycles. The highest BCUT2D eigenvalue weighted by molar-refractivity contribution is 5.90. The maximum atomic E-state index is 12.6. The van der Waals surface area contributed by atoms with E-state index >= 15 is 0 Å². The number of carbonyl (C=O) groups excluding carboxylic acids is 1. The van der Waals surface area contributed by atoms with Crippen molar-refractivity contribution < 1.29 is 4.79 Å². The van der Waals surface area contributed by atoms with Crippen molar-refractivity contribution in [2.75, 3.05) is 11.1 Å². The molecule has 1 heterocycles. The zero-order valence-electron chi connectivity index (χ0n) is 17.2. The Bertz CT molecular complexity index is 980. The van der Waals surface area contributed by atoms with Gasteiger partial charge in [0.25, 0.3) is 0 Å². The number of benzene rings is 2. The zero-order valence-corrected chi connectivity index (χ0v) is 17.2. The number of amides is 1. The Kier molecular flexibility index (Phi) is 6.38. The van der Waals surface area contributed by atoms with E-state index in [-0.39, 0.29) is 5.91 Å². The molecule has 154 valence electrons. The van der Waals surface area contributed by atoms with Crippen LogP contribution >= 0.6 is 0 Å². The number of nitrogens with one attached hydrogen (secondary N) is 1. The largest absolute Gasteiger partial charge is 0.399 e. The van der Waals surface area contributed by atoms with Gasteiger partial charge in [0.1, 0.15) is 0 Å². The van der Waals surface area contributed by atoms with Gasteiger partial charge in [-0.25, -0.2) is 9.97 Å². The number of anilines is 2. The quantitative estimate of drug-likeness (QED) is 0.547. The fraction of sp³-hybridized carbons (Fsp3) is 0.320. The smallest absolute Gasteiger partial charge is 0.225 e. The van der Waals surface area contributed by atoms with Crippen LogP contribution in [0.2, 0.25) is 0 Å². The minimum atomic E-state index is -0.0227. The molecule has 5 nitrogen and oxygen atoms in total. The molecule has 1 saturated carbocycles. The summed E-state index contributed by atoms with van der Waals surface area (Å²) in [7, 11) is 0. The van der Waals surface area contributed by atoms with Crippen molar-refractivity contribution in [2.24, 2.45) is 0 Å². The van der Waals surface area contributed by atoms with Crippen molar-refractivity contribution >= 4 is 17.4 Å². The molecule has 3 N–H and O–H groups in total. The van der Waals surface area contributed by atoms with Crippen molar-refractivity contribution in [3.63, 3.8) is 0 Å². The van der Waals surface area contributed by atoms with E-state index in [1.165, 1.54) is 19.3 Å². The van der Waals surface area contributed by atoms with Crippen LogP contribution in [0.3, 0.4) is 0 Å². The SMILES string of the molecule is Nc1ccc(-c2cnc(NC(=O)CCc3ccccc3)c(C3CCCCC3)n2)cc1. The van der Waals surface area contributed by atoms with Crippen molar-refractivity contribution in [1.29, 1.82) is 0 Å². The van der Waals surface area contributed by atoms with Crippen LogP contribution in [-0.4, -0.2) is 15.9 Å². The van der Waals surface area contributed by atoms with E-state index in [2.05, 4.69) is 10.3 Å². The Labute approximate surface area is 177 Å². The highest BCUT2D eigenvalue weighted by atomic mass is 16.1. The van der Waals surface area contributed by atoms with E-state index in [4.69, 9.17) is 10.7 Å². The predicted octanol–water partition coefficient (Wildman–Crippen LogP) is 5.34. The Hall–Kier alpha value is -3.21. The van der Waals surface area contributed by atoms with E-state index in [0.717, 1.165) is 41.0 Å². The molecule has 0 radical (unpaired) electrons. The lowest BCUT2D eigenvalue weighted by atomic mass is 9.86. The molecular formula is C25H28N4O. The van der Waals surface area contributed by atoms with Gasteiger partial charge in [0.05, 0.1) is 17.6 Å². The van der Waals surface area contributed by atoms with Gasteiger partial charge < -0.3 is 11.1 Å². The third-order valence-electron chi connectivity index (χ3n) is 5.74. The minimum Gasteiger partial charge on any atom is -0.399 e. The summed E-state index contributed by atoms with van der Waals surface area (Å²) in [6, 6.07) is 17.7. The molecule has 0 spiro atoms. The van der Waals surface area contributed by atoms with E-state index < -0.39 is 0 Å². The van der Waals surface area contributed by atoms with Gasteiger partial charge in [-0.3, -0.25) is 4.79 Å².